The SMILES string of the molecule is CC(C)(CCNC1CC1)CCc1ccc(C(C)(C)C)s1. The van der Waals surface area contributed by atoms with Gasteiger partial charge in [-0.1, -0.05) is 34.6 Å². The second-order valence-electron chi connectivity index (χ2n) is 8.16. The Kier molecular flexibility index (Phi) is 4.96. The molecule has 0 saturated heterocycles. The summed E-state index contributed by atoms with van der Waals surface area (Å²) in [5.41, 5.74) is 0.750. The van der Waals surface area contributed by atoms with Crippen LogP contribution in [0.5, 0.6) is 0 Å². The average Bonchev–Trinajstić information content (AvgIpc) is 3.01. The van der Waals surface area contributed by atoms with Gasteiger partial charge in [-0.05, 0) is 61.6 Å². The first kappa shape index (κ1) is 16.0. The molecule has 1 aromatic heterocycles. The fraction of sp³-hybridized carbons (Fsp3) is 0.778. The molecule has 1 N–H and O–H groups in total. The van der Waals surface area contributed by atoms with E-state index in [9.17, 15) is 0 Å². The van der Waals surface area contributed by atoms with Gasteiger partial charge >= 0.3 is 0 Å². The number of thiophene rings is 1. The third-order valence-electron chi connectivity index (χ3n) is 4.26. The van der Waals surface area contributed by atoms with Crippen molar-refractivity contribution >= 4 is 11.3 Å². The largest absolute Gasteiger partial charge is 0.314 e. The molecular formula is C18H31NS. The maximum atomic E-state index is 3.64. The van der Waals surface area contributed by atoms with E-state index in [1.165, 1.54) is 43.5 Å². The highest BCUT2D eigenvalue weighted by atomic mass is 32.1. The average molecular weight is 294 g/mol. The molecule has 0 spiro atoms. The molecule has 0 aromatic carbocycles. The highest BCUT2D eigenvalue weighted by Crippen LogP contribution is 2.33. The minimum atomic E-state index is 0.298. The predicted molar refractivity (Wildman–Crippen MR) is 90.8 cm³/mol. The molecule has 0 atom stereocenters. The molecular weight excluding hydrogens is 262 g/mol. The van der Waals surface area contributed by atoms with Crippen LogP contribution in [-0.4, -0.2) is 12.6 Å². The zero-order valence-corrected chi connectivity index (χ0v) is 14.7. The van der Waals surface area contributed by atoms with Crippen LogP contribution in [0, 0.1) is 5.41 Å². The second kappa shape index (κ2) is 6.19. The molecule has 20 heavy (non-hydrogen) atoms. The van der Waals surface area contributed by atoms with Gasteiger partial charge in [-0.15, -0.1) is 11.3 Å². The lowest BCUT2D eigenvalue weighted by Crippen LogP contribution is -2.24. The van der Waals surface area contributed by atoms with Gasteiger partial charge in [0, 0.05) is 15.8 Å². The van der Waals surface area contributed by atoms with Crippen LogP contribution in [0.4, 0.5) is 0 Å². The van der Waals surface area contributed by atoms with Gasteiger partial charge in [0.2, 0.25) is 0 Å². The summed E-state index contributed by atoms with van der Waals surface area (Å²) in [7, 11) is 0. The summed E-state index contributed by atoms with van der Waals surface area (Å²) in [6.45, 7) is 12.9. The van der Waals surface area contributed by atoms with Gasteiger partial charge in [0.1, 0.15) is 0 Å². The topological polar surface area (TPSA) is 12.0 Å². The summed E-state index contributed by atoms with van der Waals surface area (Å²) >= 11 is 2.00. The smallest absolute Gasteiger partial charge is 0.0102 e. The Labute approximate surface area is 129 Å². The Morgan fingerprint density at radius 3 is 2.35 bits per heavy atom. The summed E-state index contributed by atoms with van der Waals surface area (Å²) in [4.78, 5) is 3.07. The van der Waals surface area contributed by atoms with Gasteiger partial charge in [0.15, 0.2) is 0 Å². The first-order valence-electron chi connectivity index (χ1n) is 8.09. The third kappa shape index (κ3) is 5.21. The van der Waals surface area contributed by atoms with Crippen molar-refractivity contribution < 1.29 is 0 Å². The fourth-order valence-corrected chi connectivity index (χ4v) is 3.47. The quantitative estimate of drug-likeness (QED) is 0.733. The molecule has 1 saturated carbocycles. The van der Waals surface area contributed by atoms with E-state index < -0.39 is 0 Å². The molecule has 1 aliphatic rings. The molecule has 114 valence electrons. The zero-order valence-electron chi connectivity index (χ0n) is 13.9. The van der Waals surface area contributed by atoms with Crippen molar-refractivity contribution in [3.63, 3.8) is 0 Å². The molecule has 1 nitrogen and oxygen atoms in total. The van der Waals surface area contributed by atoms with Crippen molar-refractivity contribution in [2.24, 2.45) is 5.41 Å². The molecule has 2 rings (SSSR count). The van der Waals surface area contributed by atoms with Crippen LogP contribution in [0.15, 0.2) is 12.1 Å². The zero-order chi connectivity index (χ0) is 14.8. The lowest BCUT2D eigenvalue weighted by Gasteiger charge is -2.24. The van der Waals surface area contributed by atoms with E-state index in [0.717, 1.165) is 6.04 Å². The van der Waals surface area contributed by atoms with E-state index >= 15 is 0 Å². The van der Waals surface area contributed by atoms with Gasteiger partial charge in [-0.2, -0.15) is 0 Å². The van der Waals surface area contributed by atoms with Gasteiger partial charge < -0.3 is 5.32 Å². The first-order chi connectivity index (χ1) is 9.26. The number of hydrogen-bond acceptors (Lipinski definition) is 2. The Hall–Kier alpha value is -0.340. The van der Waals surface area contributed by atoms with Crippen LogP contribution in [0.1, 0.15) is 70.1 Å². The predicted octanol–water partition coefficient (Wildman–Crippen LogP) is 5.15. The molecule has 0 unspecified atom stereocenters. The van der Waals surface area contributed by atoms with E-state index in [4.69, 9.17) is 0 Å². The standard InChI is InChI=1S/C18H31NS/c1-17(2,3)16-9-8-15(20-16)10-11-18(4,5)12-13-19-14-6-7-14/h8-9,14,19H,6-7,10-13H2,1-5H3. The van der Waals surface area contributed by atoms with Crippen molar-refractivity contribution in [1.82, 2.24) is 5.32 Å². The molecule has 1 aromatic rings. The summed E-state index contributed by atoms with van der Waals surface area (Å²) in [5, 5.41) is 3.64. The van der Waals surface area contributed by atoms with E-state index in [0.29, 0.717) is 10.8 Å². The van der Waals surface area contributed by atoms with Crippen molar-refractivity contribution in [2.45, 2.75) is 78.2 Å². The van der Waals surface area contributed by atoms with Crippen LogP contribution in [-0.2, 0) is 11.8 Å². The van der Waals surface area contributed by atoms with Gasteiger partial charge in [0.25, 0.3) is 0 Å². The van der Waals surface area contributed by atoms with Gasteiger partial charge in [-0.3, -0.25) is 0 Å². The molecule has 1 aliphatic carbocycles. The maximum absolute atomic E-state index is 3.64. The highest BCUT2D eigenvalue weighted by Gasteiger charge is 2.23. The number of hydrogen-bond donors (Lipinski definition) is 1. The van der Waals surface area contributed by atoms with E-state index in [-0.39, 0.29) is 0 Å². The molecule has 0 bridgehead atoms. The monoisotopic (exact) mass is 293 g/mol. The Bertz CT molecular complexity index is 421. The minimum Gasteiger partial charge on any atom is -0.314 e. The highest BCUT2D eigenvalue weighted by molar-refractivity contribution is 7.12. The first-order valence-corrected chi connectivity index (χ1v) is 8.90. The lowest BCUT2D eigenvalue weighted by atomic mass is 9.84. The molecule has 0 amide bonds. The summed E-state index contributed by atoms with van der Waals surface area (Å²) in [5.74, 6) is 0. The van der Waals surface area contributed by atoms with Crippen molar-refractivity contribution in [3.05, 3.63) is 21.9 Å². The third-order valence-corrected chi connectivity index (χ3v) is 5.83. The van der Waals surface area contributed by atoms with Gasteiger partial charge in [-0.25, -0.2) is 0 Å². The summed E-state index contributed by atoms with van der Waals surface area (Å²) in [6, 6.07) is 5.50. The number of rotatable bonds is 7. The van der Waals surface area contributed by atoms with E-state index in [1.54, 1.807) is 4.88 Å². The molecule has 0 radical (unpaired) electrons. The molecule has 1 heterocycles. The van der Waals surface area contributed by atoms with E-state index in [1.807, 2.05) is 11.3 Å². The Morgan fingerprint density at radius 1 is 1.10 bits per heavy atom. The van der Waals surface area contributed by atoms with Crippen molar-refractivity contribution in [2.75, 3.05) is 6.54 Å². The van der Waals surface area contributed by atoms with E-state index in [2.05, 4.69) is 52.1 Å². The van der Waals surface area contributed by atoms with Crippen molar-refractivity contribution in [3.8, 4) is 0 Å². The molecule has 0 aliphatic heterocycles. The number of nitrogens with one attached hydrogen (secondary N) is 1. The van der Waals surface area contributed by atoms with Gasteiger partial charge in [0.05, 0.1) is 0 Å². The molecule has 1 fully saturated rings. The molecule has 2 heteroatoms. The Balaban J connectivity index is 1.76. The fourth-order valence-electron chi connectivity index (χ4n) is 2.40. The van der Waals surface area contributed by atoms with Crippen LogP contribution in [0.2, 0.25) is 0 Å². The normalized spacial score (nSPS) is 16.6. The minimum absolute atomic E-state index is 0.298. The Morgan fingerprint density at radius 2 is 1.80 bits per heavy atom. The maximum Gasteiger partial charge on any atom is 0.0102 e. The van der Waals surface area contributed by atoms with Crippen LogP contribution in [0.25, 0.3) is 0 Å². The lowest BCUT2D eigenvalue weighted by molar-refractivity contribution is 0.302. The number of aryl methyl sites for hydroxylation is 1. The van der Waals surface area contributed by atoms with Crippen molar-refractivity contribution in [1.29, 1.82) is 0 Å². The summed E-state index contributed by atoms with van der Waals surface area (Å²) in [6.07, 6.45) is 6.61. The second-order valence-corrected chi connectivity index (χ2v) is 9.33. The summed E-state index contributed by atoms with van der Waals surface area (Å²) < 4.78 is 0. The van der Waals surface area contributed by atoms with Crippen LogP contribution < -0.4 is 5.32 Å². The van der Waals surface area contributed by atoms with Crippen LogP contribution in [0.3, 0.4) is 0 Å². The van der Waals surface area contributed by atoms with Crippen LogP contribution >= 0.6 is 11.3 Å².